The van der Waals surface area contributed by atoms with Gasteiger partial charge in [-0.05, 0) is 36.6 Å². The Morgan fingerprint density at radius 1 is 1.15 bits per heavy atom. The number of nitrogens with zero attached hydrogens (tertiary/aromatic N) is 2. The Bertz CT molecular complexity index is 1140. The molecule has 4 rings (SSSR count). The van der Waals surface area contributed by atoms with E-state index in [0.717, 1.165) is 6.07 Å². The van der Waals surface area contributed by atoms with Crippen molar-refractivity contribution in [3.63, 3.8) is 0 Å². The molecule has 0 N–H and O–H groups in total. The molecule has 34 heavy (non-hydrogen) atoms. The van der Waals surface area contributed by atoms with Crippen LogP contribution in [-0.4, -0.2) is 29.6 Å². The number of rotatable bonds is 5. The zero-order chi connectivity index (χ0) is 24.9. The fourth-order valence-corrected chi connectivity index (χ4v) is 4.64. The quantitative estimate of drug-likeness (QED) is 0.407. The first-order valence-electron chi connectivity index (χ1n) is 10.8. The molecule has 10 heteroatoms. The van der Waals surface area contributed by atoms with Crippen LogP contribution in [0.1, 0.15) is 55.4 Å². The molecule has 1 fully saturated rings. The van der Waals surface area contributed by atoms with Gasteiger partial charge in [0.15, 0.2) is 11.3 Å². The van der Waals surface area contributed by atoms with E-state index in [1.54, 1.807) is 31.2 Å². The molecule has 0 saturated carbocycles. The van der Waals surface area contributed by atoms with E-state index in [1.165, 1.54) is 11.0 Å². The fraction of sp³-hybridized carbons (Fsp3) is 0.417. The minimum atomic E-state index is -4.67. The summed E-state index contributed by atoms with van der Waals surface area (Å²) in [7, 11) is 0. The van der Waals surface area contributed by atoms with Gasteiger partial charge < -0.3 is 9.74 Å². The molecule has 0 radical (unpaired) electrons. The molecular weight excluding hydrogens is 495 g/mol. The van der Waals surface area contributed by atoms with Gasteiger partial charge in [0, 0.05) is 18.4 Å². The molecule has 1 amide bonds. The lowest BCUT2D eigenvalue weighted by Crippen LogP contribution is -2.58. The number of alkyl halides is 4. The maximum atomic E-state index is 15.2. The van der Waals surface area contributed by atoms with Crippen LogP contribution in [0.5, 0.6) is 0 Å². The van der Waals surface area contributed by atoms with E-state index in [9.17, 15) is 18.0 Å². The van der Waals surface area contributed by atoms with Crippen LogP contribution < -0.4 is 0 Å². The summed E-state index contributed by atoms with van der Waals surface area (Å²) in [6.45, 7) is 3.55. The van der Waals surface area contributed by atoms with E-state index in [1.807, 2.05) is 6.92 Å². The molecule has 2 aliphatic heterocycles. The van der Waals surface area contributed by atoms with E-state index in [2.05, 4.69) is 5.16 Å². The zero-order valence-corrected chi connectivity index (χ0v) is 20.0. The largest absolute Gasteiger partial charge is 0.417 e. The minimum absolute atomic E-state index is 0.0200. The van der Waals surface area contributed by atoms with Gasteiger partial charge in [-0.2, -0.15) is 13.2 Å². The first-order chi connectivity index (χ1) is 15.9. The molecule has 0 spiro atoms. The molecule has 2 heterocycles. The van der Waals surface area contributed by atoms with Gasteiger partial charge in [-0.15, -0.1) is 0 Å². The first kappa shape index (κ1) is 24.8. The number of amides is 1. The van der Waals surface area contributed by atoms with Crippen LogP contribution in [0.3, 0.4) is 0 Å². The fourth-order valence-electron chi connectivity index (χ4n) is 4.20. The average Bonchev–Trinajstić information content (AvgIpc) is 3.16. The van der Waals surface area contributed by atoms with Gasteiger partial charge in [0.1, 0.15) is 0 Å². The molecule has 0 aliphatic carbocycles. The van der Waals surface area contributed by atoms with Crippen molar-refractivity contribution in [2.45, 2.75) is 50.6 Å². The molecule has 4 nitrogen and oxygen atoms in total. The Labute approximate surface area is 204 Å². The number of benzene rings is 2. The zero-order valence-electron chi connectivity index (χ0n) is 18.5. The number of likely N-dealkylation sites (tertiary alicyclic amines) is 1. The Morgan fingerprint density at radius 3 is 2.38 bits per heavy atom. The van der Waals surface area contributed by atoms with Crippen LogP contribution in [0, 0.1) is 0 Å². The lowest BCUT2D eigenvalue weighted by molar-refractivity contribution is -0.146. The molecule has 2 aliphatic rings. The maximum Gasteiger partial charge on any atom is 0.417 e. The normalized spacial score (nSPS) is 21.6. The van der Waals surface area contributed by atoms with Crippen molar-refractivity contribution < 1.29 is 27.2 Å². The standard InChI is InChI=1S/C24H22Cl2F4N2O2/c1-3-4-20(33)32-12-23(27,13-32)15-7-5-14(6-8-15)19-11-22(2,34-31-19)16-9-17(24(28,29)30)21(26)18(25)10-16/h5-10H,3-4,11-13H2,1-2H3. The number of halogens is 6. The number of carbonyl (C=O) groups excluding carboxylic acids is 1. The highest BCUT2D eigenvalue weighted by Gasteiger charge is 2.47. The summed E-state index contributed by atoms with van der Waals surface area (Å²) in [6.07, 6.45) is -3.38. The summed E-state index contributed by atoms with van der Waals surface area (Å²) in [6, 6.07) is 8.92. The number of carbonyl (C=O) groups is 1. The van der Waals surface area contributed by atoms with Crippen LogP contribution in [0.25, 0.3) is 0 Å². The van der Waals surface area contributed by atoms with Crippen molar-refractivity contribution >= 4 is 34.8 Å². The number of hydrogen-bond donors (Lipinski definition) is 0. The smallest absolute Gasteiger partial charge is 0.384 e. The van der Waals surface area contributed by atoms with Gasteiger partial charge in [0.05, 0.1) is 34.4 Å². The van der Waals surface area contributed by atoms with Crippen molar-refractivity contribution in [3.8, 4) is 0 Å². The second kappa shape index (κ2) is 8.72. The van der Waals surface area contributed by atoms with Crippen LogP contribution in [-0.2, 0) is 27.1 Å². The molecule has 1 atom stereocenters. The topological polar surface area (TPSA) is 41.9 Å². The second-order valence-electron chi connectivity index (χ2n) is 8.90. The van der Waals surface area contributed by atoms with Crippen molar-refractivity contribution in [2.24, 2.45) is 5.16 Å². The minimum Gasteiger partial charge on any atom is -0.384 e. The van der Waals surface area contributed by atoms with Gasteiger partial charge in [0.25, 0.3) is 0 Å². The van der Waals surface area contributed by atoms with Crippen LogP contribution >= 0.6 is 23.2 Å². The molecule has 2 aromatic rings. The molecule has 2 aromatic carbocycles. The molecule has 0 aromatic heterocycles. The van der Waals surface area contributed by atoms with E-state index in [0.29, 0.717) is 29.7 Å². The van der Waals surface area contributed by atoms with Gasteiger partial charge in [0.2, 0.25) is 5.91 Å². The van der Waals surface area contributed by atoms with Crippen molar-refractivity contribution in [2.75, 3.05) is 13.1 Å². The van der Waals surface area contributed by atoms with Gasteiger partial charge in [-0.1, -0.05) is 59.5 Å². The van der Waals surface area contributed by atoms with Crippen LogP contribution in [0.2, 0.25) is 10.0 Å². The molecule has 182 valence electrons. The Morgan fingerprint density at radius 2 is 1.79 bits per heavy atom. The molecule has 0 bridgehead atoms. The predicted molar refractivity (Wildman–Crippen MR) is 122 cm³/mol. The lowest BCUT2D eigenvalue weighted by atomic mass is 9.85. The predicted octanol–water partition coefficient (Wildman–Crippen LogP) is 6.86. The van der Waals surface area contributed by atoms with Crippen molar-refractivity contribution in [1.82, 2.24) is 4.90 Å². The van der Waals surface area contributed by atoms with E-state index in [-0.39, 0.29) is 36.0 Å². The van der Waals surface area contributed by atoms with Gasteiger partial charge in [-0.25, -0.2) is 4.39 Å². The third-order valence-corrected chi connectivity index (χ3v) is 7.04. The first-order valence-corrected chi connectivity index (χ1v) is 11.5. The van der Waals surface area contributed by atoms with Gasteiger partial charge in [-0.3, -0.25) is 4.79 Å². The highest BCUT2D eigenvalue weighted by molar-refractivity contribution is 6.42. The highest BCUT2D eigenvalue weighted by Crippen LogP contribution is 2.44. The lowest BCUT2D eigenvalue weighted by Gasteiger charge is -2.44. The Hall–Kier alpha value is -2.32. The third kappa shape index (κ3) is 4.50. The Kier molecular flexibility index (Phi) is 6.36. The number of oxime groups is 1. The van der Waals surface area contributed by atoms with E-state index in [4.69, 9.17) is 28.0 Å². The SMILES string of the molecule is CCCC(=O)N1CC(F)(c2ccc(C3=NOC(C)(c4cc(Cl)c(Cl)c(C(F)(F)F)c4)C3)cc2)C1. The third-order valence-electron chi connectivity index (χ3n) is 6.24. The molecular formula is C24H22Cl2F4N2O2. The van der Waals surface area contributed by atoms with E-state index < -0.39 is 28.0 Å². The van der Waals surface area contributed by atoms with Gasteiger partial charge >= 0.3 is 6.18 Å². The summed E-state index contributed by atoms with van der Waals surface area (Å²) < 4.78 is 55.3. The van der Waals surface area contributed by atoms with Crippen LogP contribution in [0.4, 0.5) is 17.6 Å². The summed E-state index contributed by atoms with van der Waals surface area (Å²) in [5, 5.41) is 3.28. The van der Waals surface area contributed by atoms with Crippen LogP contribution in [0.15, 0.2) is 41.6 Å². The summed E-state index contributed by atoms with van der Waals surface area (Å²) in [5.41, 5.74) is -2.01. The molecule has 1 unspecified atom stereocenters. The summed E-state index contributed by atoms with van der Waals surface area (Å²) in [5.74, 6) is -0.0554. The average molecular weight is 517 g/mol. The number of hydrogen-bond acceptors (Lipinski definition) is 3. The van der Waals surface area contributed by atoms with Crippen molar-refractivity contribution in [1.29, 1.82) is 0 Å². The summed E-state index contributed by atoms with van der Waals surface area (Å²) >= 11 is 11.7. The Balaban J connectivity index is 1.49. The monoisotopic (exact) mass is 516 g/mol. The summed E-state index contributed by atoms with van der Waals surface area (Å²) in [4.78, 5) is 19.0. The van der Waals surface area contributed by atoms with Crippen molar-refractivity contribution in [3.05, 3.63) is 68.7 Å². The maximum absolute atomic E-state index is 15.2. The second-order valence-corrected chi connectivity index (χ2v) is 9.68. The van der Waals surface area contributed by atoms with E-state index >= 15 is 4.39 Å². The molecule has 1 saturated heterocycles. The highest BCUT2D eigenvalue weighted by atomic mass is 35.5.